The van der Waals surface area contributed by atoms with Crippen LogP contribution in [0.15, 0.2) is 4.99 Å². The van der Waals surface area contributed by atoms with E-state index in [1.165, 1.54) is 51.4 Å². The molecular formula is C14H27N3. The summed E-state index contributed by atoms with van der Waals surface area (Å²) < 4.78 is 0. The summed E-state index contributed by atoms with van der Waals surface area (Å²) >= 11 is 0. The van der Waals surface area contributed by atoms with E-state index in [4.69, 9.17) is 0 Å². The molecule has 0 atom stereocenters. The van der Waals surface area contributed by atoms with Gasteiger partial charge in [-0.1, -0.05) is 13.3 Å². The summed E-state index contributed by atoms with van der Waals surface area (Å²) in [6, 6.07) is 1.32. The number of guanidine groups is 1. The smallest absolute Gasteiger partial charge is 0.191 e. The topological polar surface area (TPSA) is 36.4 Å². The van der Waals surface area contributed by atoms with Gasteiger partial charge in [0.1, 0.15) is 0 Å². The number of nitrogens with one attached hydrogen (secondary N) is 2. The fraction of sp³-hybridized carbons (Fsp3) is 0.929. The Morgan fingerprint density at radius 1 is 1.00 bits per heavy atom. The molecule has 3 heteroatoms. The quantitative estimate of drug-likeness (QED) is 0.585. The lowest BCUT2D eigenvalue weighted by Gasteiger charge is -2.32. The number of aliphatic imine (C=N–C) groups is 1. The van der Waals surface area contributed by atoms with Crippen molar-refractivity contribution in [3.8, 4) is 0 Å². The normalized spacial score (nSPS) is 30.8. The van der Waals surface area contributed by atoms with Crippen LogP contribution in [-0.4, -0.2) is 25.1 Å². The Bertz CT molecular complexity index is 250. The number of hydrogen-bond donors (Lipinski definition) is 2. The monoisotopic (exact) mass is 237 g/mol. The van der Waals surface area contributed by atoms with Gasteiger partial charge in [0.05, 0.1) is 0 Å². The highest BCUT2D eigenvalue weighted by Gasteiger charge is 2.22. The van der Waals surface area contributed by atoms with Crippen LogP contribution in [0.5, 0.6) is 0 Å². The highest BCUT2D eigenvalue weighted by molar-refractivity contribution is 5.80. The van der Waals surface area contributed by atoms with Crippen molar-refractivity contribution in [3.05, 3.63) is 0 Å². The second-order valence-corrected chi connectivity index (χ2v) is 5.61. The number of hydrogen-bond acceptors (Lipinski definition) is 1. The van der Waals surface area contributed by atoms with Crippen LogP contribution in [0.4, 0.5) is 0 Å². The fourth-order valence-electron chi connectivity index (χ4n) is 2.83. The Labute approximate surface area is 105 Å². The van der Waals surface area contributed by atoms with Crippen LogP contribution in [0.2, 0.25) is 0 Å². The molecule has 0 aromatic rings. The van der Waals surface area contributed by atoms with Crippen LogP contribution >= 0.6 is 0 Å². The van der Waals surface area contributed by atoms with Crippen LogP contribution in [0.1, 0.15) is 58.3 Å². The molecule has 2 rings (SSSR count). The summed E-state index contributed by atoms with van der Waals surface area (Å²) in [4.78, 5) is 4.34. The van der Waals surface area contributed by atoms with E-state index in [-0.39, 0.29) is 0 Å². The van der Waals surface area contributed by atoms with Gasteiger partial charge in [0.25, 0.3) is 0 Å². The maximum absolute atomic E-state index is 4.34. The molecule has 0 heterocycles. The first-order valence-electron chi connectivity index (χ1n) is 7.31. The van der Waals surface area contributed by atoms with Crippen molar-refractivity contribution in [1.82, 2.24) is 10.6 Å². The molecule has 98 valence electrons. The molecule has 17 heavy (non-hydrogen) atoms. The average Bonchev–Trinajstić information content (AvgIpc) is 2.33. The lowest BCUT2D eigenvalue weighted by atomic mass is 9.84. The van der Waals surface area contributed by atoms with E-state index < -0.39 is 0 Å². The number of rotatable bonds is 3. The molecule has 2 aliphatic rings. The first-order chi connectivity index (χ1) is 8.31. The third-order valence-corrected chi connectivity index (χ3v) is 4.43. The van der Waals surface area contributed by atoms with Crippen molar-refractivity contribution in [2.75, 3.05) is 7.05 Å². The Kier molecular flexibility index (Phi) is 4.69. The molecule has 0 aromatic carbocycles. The first kappa shape index (κ1) is 12.7. The van der Waals surface area contributed by atoms with Gasteiger partial charge in [-0.25, -0.2) is 0 Å². The largest absolute Gasteiger partial charge is 0.354 e. The molecule has 0 spiro atoms. The summed E-state index contributed by atoms with van der Waals surface area (Å²) in [6.07, 6.45) is 10.7. The maximum atomic E-state index is 4.34. The molecule has 2 fully saturated rings. The Hall–Kier alpha value is -0.730. The van der Waals surface area contributed by atoms with Gasteiger partial charge in [0, 0.05) is 19.1 Å². The van der Waals surface area contributed by atoms with E-state index in [0.29, 0.717) is 12.1 Å². The van der Waals surface area contributed by atoms with Gasteiger partial charge in [-0.15, -0.1) is 0 Å². The predicted molar refractivity (Wildman–Crippen MR) is 73.3 cm³/mol. The molecular weight excluding hydrogens is 210 g/mol. The zero-order valence-electron chi connectivity index (χ0n) is 11.3. The molecule has 0 aliphatic heterocycles. The van der Waals surface area contributed by atoms with Gasteiger partial charge in [-0.05, 0) is 50.9 Å². The van der Waals surface area contributed by atoms with Gasteiger partial charge in [-0.2, -0.15) is 0 Å². The summed E-state index contributed by atoms with van der Waals surface area (Å²) in [6.45, 7) is 2.31. The van der Waals surface area contributed by atoms with Crippen molar-refractivity contribution < 1.29 is 0 Å². The number of nitrogens with zero attached hydrogens (tertiary/aromatic N) is 1. The molecule has 2 saturated carbocycles. The zero-order valence-corrected chi connectivity index (χ0v) is 11.3. The summed E-state index contributed by atoms with van der Waals surface area (Å²) in [5.41, 5.74) is 0. The summed E-state index contributed by atoms with van der Waals surface area (Å²) in [5, 5.41) is 7.10. The molecule has 0 aromatic heterocycles. The van der Waals surface area contributed by atoms with Crippen molar-refractivity contribution in [3.63, 3.8) is 0 Å². The van der Waals surface area contributed by atoms with E-state index in [1.807, 2.05) is 7.05 Å². The van der Waals surface area contributed by atoms with Gasteiger partial charge < -0.3 is 10.6 Å². The minimum Gasteiger partial charge on any atom is -0.354 e. The van der Waals surface area contributed by atoms with E-state index in [0.717, 1.165) is 11.9 Å². The minimum atomic E-state index is 0.643. The summed E-state index contributed by atoms with van der Waals surface area (Å²) in [5.74, 6) is 1.99. The minimum absolute atomic E-state index is 0.643. The Morgan fingerprint density at radius 2 is 1.59 bits per heavy atom. The van der Waals surface area contributed by atoms with Gasteiger partial charge in [0.15, 0.2) is 5.96 Å². The first-order valence-corrected chi connectivity index (χ1v) is 7.31. The SMILES string of the molecule is CCC1CCC(NC(=NC)NC2CCC2)CC1. The van der Waals surface area contributed by atoms with E-state index in [1.54, 1.807) is 0 Å². The third-order valence-electron chi connectivity index (χ3n) is 4.43. The standard InChI is InChI=1S/C14H27N3/c1-3-11-7-9-13(10-8-11)17-14(15-2)16-12-5-4-6-12/h11-13H,3-10H2,1-2H3,(H2,15,16,17). The molecule has 2 aliphatic carbocycles. The van der Waals surface area contributed by atoms with Crippen molar-refractivity contribution >= 4 is 5.96 Å². The van der Waals surface area contributed by atoms with Crippen LogP contribution < -0.4 is 10.6 Å². The van der Waals surface area contributed by atoms with E-state index >= 15 is 0 Å². The van der Waals surface area contributed by atoms with Crippen LogP contribution in [0, 0.1) is 5.92 Å². The predicted octanol–water partition coefficient (Wildman–Crippen LogP) is 2.67. The average molecular weight is 237 g/mol. The van der Waals surface area contributed by atoms with Crippen molar-refractivity contribution in [2.45, 2.75) is 70.4 Å². The maximum Gasteiger partial charge on any atom is 0.191 e. The van der Waals surface area contributed by atoms with Crippen LogP contribution in [0.3, 0.4) is 0 Å². The van der Waals surface area contributed by atoms with E-state index in [2.05, 4.69) is 22.5 Å². The lowest BCUT2D eigenvalue weighted by molar-refractivity contribution is 0.301. The van der Waals surface area contributed by atoms with Gasteiger partial charge >= 0.3 is 0 Å². The fourth-order valence-corrected chi connectivity index (χ4v) is 2.83. The molecule has 0 amide bonds. The summed E-state index contributed by atoms with van der Waals surface area (Å²) in [7, 11) is 1.88. The second kappa shape index (κ2) is 6.27. The van der Waals surface area contributed by atoms with Crippen molar-refractivity contribution in [2.24, 2.45) is 10.9 Å². The van der Waals surface area contributed by atoms with Crippen LogP contribution in [0.25, 0.3) is 0 Å². The van der Waals surface area contributed by atoms with Gasteiger partial charge in [-0.3, -0.25) is 4.99 Å². The Morgan fingerprint density at radius 3 is 2.00 bits per heavy atom. The molecule has 0 saturated heterocycles. The van der Waals surface area contributed by atoms with Crippen molar-refractivity contribution in [1.29, 1.82) is 0 Å². The molecule has 0 unspecified atom stereocenters. The van der Waals surface area contributed by atoms with Crippen LogP contribution in [-0.2, 0) is 0 Å². The van der Waals surface area contributed by atoms with E-state index in [9.17, 15) is 0 Å². The third kappa shape index (κ3) is 3.62. The Balaban J connectivity index is 1.71. The van der Waals surface area contributed by atoms with Gasteiger partial charge in [0.2, 0.25) is 0 Å². The second-order valence-electron chi connectivity index (χ2n) is 5.61. The molecule has 0 bridgehead atoms. The molecule has 0 radical (unpaired) electrons. The lowest BCUT2D eigenvalue weighted by Crippen LogP contribution is -2.50. The highest BCUT2D eigenvalue weighted by atomic mass is 15.2. The highest BCUT2D eigenvalue weighted by Crippen LogP contribution is 2.26. The zero-order chi connectivity index (χ0) is 12.1. The molecule has 2 N–H and O–H groups in total. The molecule has 3 nitrogen and oxygen atoms in total.